The summed E-state index contributed by atoms with van der Waals surface area (Å²) in [6.07, 6.45) is 0. The van der Waals surface area contributed by atoms with Crippen molar-refractivity contribution >= 4 is 17.2 Å². The first-order chi connectivity index (χ1) is 7.72. The number of aryl methyl sites for hydroxylation is 1. The van der Waals surface area contributed by atoms with Crippen molar-refractivity contribution in [1.29, 1.82) is 0 Å². The standard InChI is InChI=1S/C11H12FN3S/c1-3-13-11-9(12)7(2)14-10(15-11)8-4-5-16-6-8/h4-6H,3H2,1-2H3,(H,13,14,15). The molecule has 2 rings (SSSR count). The fourth-order valence-electron chi connectivity index (χ4n) is 1.36. The number of hydrogen-bond donors (Lipinski definition) is 1. The first kappa shape index (κ1) is 11.0. The van der Waals surface area contributed by atoms with Gasteiger partial charge in [-0.1, -0.05) is 0 Å². The van der Waals surface area contributed by atoms with Crippen molar-refractivity contribution in [3.05, 3.63) is 28.3 Å². The van der Waals surface area contributed by atoms with E-state index in [1.807, 2.05) is 23.8 Å². The molecule has 5 heteroatoms. The van der Waals surface area contributed by atoms with E-state index in [-0.39, 0.29) is 11.6 Å². The van der Waals surface area contributed by atoms with E-state index in [2.05, 4.69) is 15.3 Å². The number of rotatable bonds is 3. The zero-order valence-electron chi connectivity index (χ0n) is 9.12. The van der Waals surface area contributed by atoms with Gasteiger partial charge in [-0.15, -0.1) is 0 Å². The number of anilines is 1. The average molecular weight is 237 g/mol. The number of nitrogens with one attached hydrogen (secondary N) is 1. The lowest BCUT2D eigenvalue weighted by Crippen LogP contribution is -2.06. The smallest absolute Gasteiger partial charge is 0.186 e. The highest BCUT2D eigenvalue weighted by Gasteiger charge is 2.11. The molecule has 2 aromatic heterocycles. The largest absolute Gasteiger partial charge is 0.368 e. The molecular weight excluding hydrogens is 225 g/mol. The molecule has 0 saturated carbocycles. The molecule has 0 aliphatic heterocycles. The molecule has 84 valence electrons. The highest BCUT2D eigenvalue weighted by molar-refractivity contribution is 7.08. The lowest BCUT2D eigenvalue weighted by molar-refractivity contribution is 0.606. The molecule has 16 heavy (non-hydrogen) atoms. The molecule has 0 aromatic carbocycles. The maximum absolute atomic E-state index is 13.6. The van der Waals surface area contributed by atoms with Gasteiger partial charge in [-0.05, 0) is 25.3 Å². The molecule has 0 atom stereocenters. The molecule has 3 nitrogen and oxygen atoms in total. The maximum Gasteiger partial charge on any atom is 0.186 e. The zero-order chi connectivity index (χ0) is 11.5. The summed E-state index contributed by atoms with van der Waals surface area (Å²) in [4.78, 5) is 8.31. The summed E-state index contributed by atoms with van der Waals surface area (Å²) in [5.74, 6) is 0.466. The Bertz CT molecular complexity index is 482. The van der Waals surface area contributed by atoms with Crippen LogP contribution in [0.3, 0.4) is 0 Å². The predicted octanol–water partition coefficient (Wildman–Crippen LogP) is 3.08. The van der Waals surface area contributed by atoms with Crippen molar-refractivity contribution in [2.45, 2.75) is 13.8 Å². The number of nitrogens with zero attached hydrogens (tertiary/aromatic N) is 2. The van der Waals surface area contributed by atoms with Gasteiger partial charge in [0.2, 0.25) is 0 Å². The number of hydrogen-bond acceptors (Lipinski definition) is 4. The normalized spacial score (nSPS) is 10.4. The van der Waals surface area contributed by atoms with E-state index >= 15 is 0 Å². The van der Waals surface area contributed by atoms with Crippen molar-refractivity contribution in [3.63, 3.8) is 0 Å². The molecule has 1 N–H and O–H groups in total. The zero-order valence-corrected chi connectivity index (χ0v) is 9.94. The summed E-state index contributed by atoms with van der Waals surface area (Å²) in [7, 11) is 0. The molecule has 0 unspecified atom stereocenters. The highest BCUT2D eigenvalue weighted by atomic mass is 32.1. The molecule has 0 amide bonds. The van der Waals surface area contributed by atoms with Crippen LogP contribution in [0, 0.1) is 12.7 Å². The van der Waals surface area contributed by atoms with E-state index in [0.717, 1.165) is 5.56 Å². The minimum absolute atomic E-state index is 0.274. The van der Waals surface area contributed by atoms with Gasteiger partial charge in [0, 0.05) is 17.5 Å². The Kier molecular flexibility index (Phi) is 3.14. The van der Waals surface area contributed by atoms with Crippen LogP contribution in [0.2, 0.25) is 0 Å². The second-order valence-electron chi connectivity index (χ2n) is 3.34. The molecule has 0 aliphatic rings. The summed E-state index contributed by atoms with van der Waals surface area (Å²) in [6.45, 7) is 4.19. The van der Waals surface area contributed by atoms with Gasteiger partial charge in [-0.25, -0.2) is 14.4 Å². The topological polar surface area (TPSA) is 37.8 Å². The van der Waals surface area contributed by atoms with Crippen LogP contribution in [0.5, 0.6) is 0 Å². The minimum atomic E-state index is -0.374. The van der Waals surface area contributed by atoms with Crippen LogP contribution in [0.1, 0.15) is 12.6 Å². The molecule has 0 bridgehead atoms. The summed E-state index contributed by atoms with van der Waals surface area (Å²) >= 11 is 1.57. The van der Waals surface area contributed by atoms with Crippen LogP contribution in [0.15, 0.2) is 16.8 Å². The van der Waals surface area contributed by atoms with Crippen molar-refractivity contribution in [1.82, 2.24) is 9.97 Å². The van der Waals surface area contributed by atoms with E-state index in [4.69, 9.17) is 0 Å². The monoisotopic (exact) mass is 237 g/mol. The molecule has 0 saturated heterocycles. The Morgan fingerprint density at radius 1 is 1.44 bits per heavy atom. The van der Waals surface area contributed by atoms with Gasteiger partial charge in [0.15, 0.2) is 17.5 Å². The van der Waals surface area contributed by atoms with Gasteiger partial charge >= 0.3 is 0 Å². The van der Waals surface area contributed by atoms with E-state index in [0.29, 0.717) is 18.1 Å². The van der Waals surface area contributed by atoms with Crippen molar-refractivity contribution in [2.24, 2.45) is 0 Å². The third-order valence-corrected chi connectivity index (χ3v) is 2.82. The number of thiophene rings is 1. The van der Waals surface area contributed by atoms with E-state index < -0.39 is 0 Å². The fraction of sp³-hybridized carbons (Fsp3) is 0.273. The van der Waals surface area contributed by atoms with Crippen molar-refractivity contribution < 1.29 is 4.39 Å². The summed E-state index contributed by atoms with van der Waals surface area (Å²) in [6, 6.07) is 1.92. The molecule has 2 aromatic rings. The van der Waals surface area contributed by atoms with Gasteiger partial charge in [0.25, 0.3) is 0 Å². The third-order valence-electron chi connectivity index (χ3n) is 2.14. The van der Waals surface area contributed by atoms with Gasteiger partial charge < -0.3 is 5.32 Å². The van der Waals surface area contributed by atoms with Crippen LogP contribution in [0.25, 0.3) is 11.4 Å². The Balaban J connectivity index is 2.48. The minimum Gasteiger partial charge on any atom is -0.368 e. The van der Waals surface area contributed by atoms with Gasteiger partial charge in [-0.3, -0.25) is 0 Å². The Hall–Kier alpha value is -1.49. The summed E-state index contributed by atoms with van der Waals surface area (Å²) < 4.78 is 13.6. The number of halogens is 1. The molecule has 0 spiro atoms. The van der Waals surface area contributed by atoms with Crippen LogP contribution in [0.4, 0.5) is 10.2 Å². The maximum atomic E-state index is 13.6. The lowest BCUT2D eigenvalue weighted by Gasteiger charge is -2.07. The first-order valence-electron chi connectivity index (χ1n) is 5.03. The molecule has 0 fully saturated rings. The molecule has 2 heterocycles. The predicted molar refractivity (Wildman–Crippen MR) is 64.2 cm³/mol. The second kappa shape index (κ2) is 4.57. The van der Waals surface area contributed by atoms with E-state index in [9.17, 15) is 4.39 Å². The lowest BCUT2D eigenvalue weighted by atomic mass is 10.3. The van der Waals surface area contributed by atoms with Crippen molar-refractivity contribution in [2.75, 3.05) is 11.9 Å². The average Bonchev–Trinajstić information content (AvgIpc) is 2.78. The SMILES string of the molecule is CCNc1nc(-c2ccsc2)nc(C)c1F. The Morgan fingerprint density at radius 3 is 2.88 bits per heavy atom. The summed E-state index contributed by atoms with van der Waals surface area (Å²) in [5.41, 5.74) is 1.29. The highest BCUT2D eigenvalue weighted by Crippen LogP contribution is 2.22. The Labute approximate surface area is 97.4 Å². The number of aromatic nitrogens is 2. The third kappa shape index (κ3) is 2.04. The van der Waals surface area contributed by atoms with Crippen LogP contribution >= 0.6 is 11.3 Å². The first-order valence-corrected chi connectivity index (χ1v) is 5.97. The van der Waals surface area contributed by atoms with Crippen LogP contribution in [-0.2, 0) is 0 Å². The molecule has 0 radical (unpaired) electrons. The van der Waals surface area contributed by atoms with Crippen LogP contribution < -0.4 is 5.32 Å². The molecule has 0 aliphatic carbocycles. The van der Waals surface area contributed by atoms with E-state index in [1.54, 1.807) is 18.3 Å². The quantitative estimate of drug-likeness (QED) is 0.891. The van der Waals surface area contributed by atoms with Crippen LogP contribution in [-0.4, -0.2) is 16.5 Å². The van der Waals surface area contributed by atoms with Gasteiger partial charge in [0.1, 0.15) is 0 Å². The molecular formula is C11H12FN3S. The van der Waals surface area contributed by atoms with Gasteiger partial charge in [-0.2, -0.15) is 11.3 Å². The second-order valence-corrected chi connectivity index (χ2v) is 4.12. The summed E-state index contributed by atoms with van der Waals surface area (Å²) in [5, 5.41) is 6.79. The van der Waals surface area contributed by atoms with E-state index in [1.165, 1.54) is 0 Å². The fourth-order valence-corrected chi connectivity index (χ4v) is 2.00. The van der Waals surface area contributed by atoms with Gasteiger partial charge in [0.05, 0.1) is 5.69 Å². The van der Waals surface area contributed by atoms with Crippen molar-refractivity contribution in [3.8, 4) is 11.4 Å². The Morgan fingerprint density at radius 2 is 2.25 bits per heavy atom.